The maximum absolute atomic E-state index is 12.5. The third kappa shape index (κ3) is 2.93. The first-order chi connectivity index (χ1) is 12.3. The van der Waals surface area contributed by atoms with Crippen LogP contribution in [0.3, 0.4) is 0 Å². The molecule has 0 radical (unpaired) electrons. The molecule has 3 aromatic rings. The van der Waals surface area contributed by atoms with Crippen molar-refractivity contribution in [3.05, 3.63) is 59.8 Å². The molecular formula is C20H20N2O3. The normalized spacial score (nSPS) is 13.6. The lowest BCUT2D eigenvalue weighted by molar-refractivity contribution is -0.134. The molecule has 5 nitrogen and oxygen atoms in total. The van der Waals surface area contributed by atoms with Gasteiger partial charge < -0.3 is 19.4 Å². The highest BCUT2D eigenvalue weighted by Crippen LogP contribution is 2.32. The zero-order chi connectivity index (χ0) is 17.2. The number of nitrogens with zero attached hydrogens (tertiary/aromatic N) is 1. The molecule has 1 aliphatic heterocycles. The monoisotopic (exact) mass is 336 g/mol. The maximum Gasteiger partial charge on any atom is 0.260 e. The highest BCUT2D eigenvalue weighted by Gasteiger charge is 2.25. The number of aromatic nitrogens is 1. The summed E-state index contributed by atoms with van der Waals surface area (Å²) in [6.07, 6.45) is 0.810. The van der Waals surface area contributed by atoms with Crippen LogP contribution < -0.4 is 9.47 Å². The zero-order valence-corrected chi connectivity index (χ0v) is 14.1. The van der Waals surface area contributed by atoms with Crippen molar-refractivity contribution in [3.63, 3.8) is 0 Å². The van der Waals surface area contributed by atoms with E-state index in [9.17, 15) is 4.79 Å². The van der Waals surface area contributed by atoms with Gasteiger partial charge in [0.05, 0.1) is 12.6 Å². The molecule has 128 valence electrons. The van der Waals surface area contributed by atoms with Gasteiger partial charge in [-0.25, -0.2) is 0 Å². The Morgan fingerprint density at radius 3 is 2.80 bits per heavy atom. The molecule has 4 rings (SSSR count). The van der Waals surface area contributed by atoms with Crippen molar-refractivity contribution in [2.24, 2.45) is 0 Å². The first-order valence-electron chi connectivity index (χ1n) is 8.38. The molecule has 0 atom stereocenters. The summed E-state index contributed by atoms with van der Waals surface area (Å²) < 4.78 is 11.0. The highest BCUT2D eigenvalue weighted by molar-refractivity contribution is 5.90. The van der Waals surface area contributed by atoms with Gasteiger partial charge in [0, 0.05) is 36.2 Å². The molecule has 0 unspecified atom stereocenters. The minimum absolute atomic E-state index is 0.00625. The van der Waals surface area contributed by atoms with E-state index in [1.165, 1.54) is 11.3 Å². The minimum atomic E-state index is 0.00625. The van der Waals surface area contributed by atoms with Crippen molar-refractivity contribution in [1.29, 1.82) is 0 Å². The van der Waals surface area contributed by atoms with E-state index in [2.05, 4.69) is 11.1 Å². The van der Waals surface area contributed by atoms with Gasteiger partial charge in [0.25, 0.3) is 5.91 Å². The first-order valence-corrected chi connectivity index (χ1v) is 8.38. The molecule has 2 aromatic carbocycles. The van der Waals surface area contributed by atoms with Gasteiger partial charge in [-0.2, -0.15) is 0 Å². The summed E-state index contributed by atoms with van der Waals surface area (Å²) in [4.78, 5) is 17.8. The summed E-state index contributed by atoms with van der Waals surface area (Å²) in [5, 5.41) is 1.12. The fraction of sp³-hybridized carbons (Fsp3) is 0.250. The van der Waals surface area contributed by atoms with E-state index in [4.69, 9.17) is 9.47 Å². The van der Waals surface area contributed by atoms with Crippen molar-refractivity contribution in [1.82, 2.24) is 9.88 Å². The van der Waals surface area contributed by atoms with Crippen molar-refractivity contribution in [2.75, 3.05) is 20.3 Å². The quantitative estimate of drug-likeness (QED) is 0.796. The summed E-state index contributed by atoms with van der Waals surface area (Å²) in [6, 6.07) is 15.4. The van der Waals surface area contributed by atoms with E-state index in [-0.39, 0.29) is 12.5 Å². The average molecular weight is 336 g/mol. The number of hydrogen-bond acceptors (Lipinski definition) is 3. The molecule has 0 saturated heterocycles. The number of carbonyl (C=O) groups is 1. The lowest BCUT2D eigenvalue weighted by atomic mass is 10.0. The number of benzene rings is 2. The highest BCUT2D eigenvalue weighted by atomic mass is 16.5. The Bertz CT molecular complexity index is 902. The third-order valence-electron chi connectivity index (χ3n) is 4.65. The van der Waals surface area contributed by atoms with Gasteiger partial charge in [0.1, 0.15) is 11.5 Å². The number of H-pyrrole nitrogens is 1. The molecule has 1 amide bonds. The molecule has 0 aliphatic carbocycles. The number of fused-ring (bicyclic) bond motifs is 3. The van der Waals surface area contributed by atoms with Gasteiger partial charge in [-0.1, -0.05) is 30.3 Å². The molecule has 1 aromatic heterocycles. The predicted molar refractivity (Wildman–Crippen MR) is 95.9 cm³/mol. The topological polar surface area (TPSA) is 54.6 Å². The molecule has 0 spiro atoms. The Hall–Kier alpha value is -2.95. The van der Waals surface area contributed by atoms with Crippen LogP contribution in [0.4, 0.5) is 0 Å². The molecule has 2 heterocycles. The number of ether oxygens (including phenoxy) is 2. The van der Waals surface area contributed by atoms with E-state index < -0.39 is 0 Å². The summed E-state index contributed by atoms with van der Waals surface area (Å²) in [5.41, 5.74) is 3.37. The number of hydrogen-bond donors (Lipinski definition) is 1. The van der Waals surface area contributed by atoms with Gasteiger partial charge in [0.15, 0.2) is 6.61 Å². The Morgan fingerprint density at radius 2 is 2.00 bits per heavy atom. The zero-order valence-electron chi connectivity index (χ0n) is 14.1. The van der Waals surface area contributed by atoms with Crippen LogP contribution >= 0.6 is 0 Å². The van der Waals surface area contributed by atoms with Crippen LogP contribution in [0, 0.1) is 0 Å². The lowest BCUT2D eigenvalue weighted by Crippen LogP contribution is -2.38. The smallest absolute Gasteiger partial charge is 0.260 e. The van der Waals surface area contributed by atoms with Crippen molar-refractivity contribution >= 4 is 16.8 Å². The van der Waals surface area contributed by atoms with E-state index in [1.807, 2.05) is 47.4 Å². The second-order valence-electron chi connectivity index (χ2n) is 6.13. The molecule has 1 aliphatic rings. The Kier molecular flexibility index (Phi) is 4.06. The van der Waals surface area contributed by atoms with Gasteiger partial charge in [-0.3, -0.25) is 4.79 Å². The maximum atomic E-state index is 12.5. The van der Waals surface area contributed by atoms with Crippen LogP contribution in [0.15, 0.2) is 48.5 Å². The van der Waals surface area contributed by atoms with Gasteiger partial charge in [-0.15, -0.1) is 0 Å². The van der Waals surface area contributed by atoms with Crippen molar-refractivity contribution in [3.8, 4) is 11.5 Å². The predicted octanol–water partition coefficient (Wildman–Crippen LogP) is 3.14. The molecule has 0 saturated carbocycles. The van der Waals surface area contributed by atoms with E-state index in [0.717, 1.165) is 23.1 Å². The number of para-hydroxylation sites is 2. The number of carbonyl (C=O) groups excluding carboxylic acids is 1. The van der Waals surface area contributed by atoms with E-state index >= 15 is 0 Å². The number of amides is 1. The van der Waals surface area contributed by atoms with Crippen LogP contribution in [-0.2, 0) is 17.8 Å². The first kappa shape index (κ1) is 15.6. The average Bonchev–Trinajstić information content (AvgIpc) is 3.05. The fourth-order valence-electron chi connectivity index (χ4n) is 3.35. The Balaban J connectivity index is 1.51. The second kappa shape index (κ2) is 6.51. The molecule has 25 heavy (non-hydrogen) atoms. The van der Waals surface area contributed by atoms with Gasteiger partial charge in [-0.05, 0) is 18.2 Å². The number of nitrogens with one attached hydrogen (secondary N) is 1. The van der Waals surface area contributed by atoms with Crippen LogP contribution in [0.25, 0.3) is 10.9 Å². The molecule has 1 N–H and O–H groups in total. The van der Waals surface area contributed by atoms with Gasteiger partial charge >= 0.3 is 0 Å². The molecule has 0 bridgehead atoms. The van der Waals surface area contributed by atoms with Crippen LogP contribution in [0.1, 0.15) is 11.3 Å². The van der Waals surface area contributed by atoms with E-state index in [1.54, 1.807) is 7.11 Å². The fourth-order valence-corrected chi connectivity index (χ4v) is 3.35. The number of aromatic amines is 1. The summed E-state index contributed by atoms with van der Waals surface area (Å²) in [7, 11) is 1.67. The molecule has 5 heteroatoms. The largest absolute Gasteiger partial charge is 0.495 e. The molecule has 0 fully saturated rings. The van der Waals surface area contributed by atoms with E-state index in [0.29, 0.717) is 18.8 Å². The Labute approximate surface area is 146 Å². The van der Waals surface area contributed by atoms with Crippen LogP contribution in [-0.4, -0.2) is 36.1 Å². The summed E-state index contributed by atoms with van der Waals surface area (Å²) in [6.45, 7) is 1.35. The SMILES string of the molecule is COc1cccc2c3c([nH]c12)CCN(C(=O)COc1ccccc1)C3. The standard InChI is InChI=1S/C20H20N2O3/c1-24-18-9-5-8-15-16-12-22(11-10-17(16)21-20(15)18)19(23)13-25-14-6-3-2-4-7-14/h2-9,21H,10-13H2,1H3. The Morgan fingerprint density at radius 1 is 1.16 bits per heavy atom. The number of methoxy groups -OCH3 is 1. The number of rotatable bonds is 4. The van der Waals surface area contributed by atoms with Crippen molar-refractivity contribution in [2.45, 2.75) is 13.0 Å². The summed E-state index contributed by atoms with van der Waals surface area (Å²) in [5.74, 6) is 1.55. The van der Waals surface area contributed by atoms with Crippen LogP contribution in [0.2, 0.25) is 0 Å². The third-order valence-corrected chi connectivity index (χ3v) is 4.65. The van der Waals surface area contributed by atoms with Crippen LogP contribution in [0.5, 0.6) is 11.5 Å². The minimum Gasteiger partial charge on any atom is -0.495 e. The van der Waals surface area contributed by atoms with Crippen molar-refractivity contribution < 1.29 is 14.3 Å². The molecular weight excluding hydrogens is 316 g/mol. The summed E-state index contributed by atoms with van der Waals surface area (Å²) >= 11 is 0. The lowest BCUT2D eigenvalue weighted by Gasteiger charge is -2.27. The van der Waals surface area contributed by atoms with Gasteiger partial charge in [0.2, 0.25) is 0 Å². The second-order valence-corrected chi connectivity index (χ2v) is 6.13.